The monoisotopic (exact) mass is 308 g/mol. The number of halogens is 3. The Morgan fingerprint density at radius 3 is 2.48 bits per heavy atom. The molecule has 1 saturated heterocycles. The lowest BCUT2D eigenvalue weighted by atomic mass is 9.93. The van der Waals surface area contributed by atoms with Crippen LogP contribution in [0.5, 0.6) is 0 Å². The summed E-state index contributed by atoms with van der Waals surface area (Å²) in [5.41, 5.74) is 0.169. The Bertz CT molecular complexity index is 708. The third-order valence-electron chi connectivity index (χ3n) is 4.89. The van der Waals surface area contributed by atoms with E-state index in [2.05, 4.69) is 9.88 Å². The first kappa shape index (κ1) is 13.3. The van der Waals surface area contributed by atoms with E-state index in [9.17, 15) is 8.78 Å². The highest BCUT2D eigenvalue weighted by molar-refractivity contribution is 6.31. The molecule has 0 unspecified atom stereocenters. The summed E-state index contributed by atoms with van der Waals surface area (Å²) in [5, 5.41) is 1.68. The van der Waals surface area contributed by atoms with Gasteiger partial charge in [-0.15, -0.1) is 0 Å². The number of hydrogen-bond donors (Lipinski definition) is 0. The van der Waals surface area contributed by atoms with E-state index in [1.165, 1.54) is 0 Å². The fourth-order valence-electron chi connectivity index (χ4n) is 3.35. The fraction of sp³-hybridized carbons (Fsp3) is 0.438. The van der Waals surface area contributed by atoms with Crippen LogP contribution >= 0.6 is 11.6 Å². The second kappa shape index (κ2) is 4.29. The maximum atomic E-state index is 13.4. The molecule has 110 valence electrons. The maximum Gasteiger partial charge on any atom is 0.254 e. The van der Waals surface area contributed by atoms with Crippen LogP contribution in [0, 0.1) is 5.41 Å². The molecule has 1 aromatic carbocycles. The number of fused-ring (bicyclic) bond motifs is 1. The van der Waals surface area contributed by atoms with Crippen LogP contribution in [0.15, 0.2) is 30.3 Å². The molecule has 1 spiro atoms. The van der Waals surface area contributed by atoms with Crippen LogP contribution in [-0.4, -0.2) is 24.0 Å². The zero-order chi connectivity index (χ0) is 14.7. The minimum atomic E-state index is -2.44. The minimum absolute atomic E-state index is 0.0670. The van der Waals surface area contributed by atoms with Crippen LogP contribution in [-0.2, 0) is 0 Å². The van der Waals surface area contributed by atoms with Crippen LogP contribution in [0.1, 0.15) is 19.3 Å². The van der Waals surface area contributed by atoms with Gasteiger partial charge in [0.1, 0.15) is 5.82 Å². The van der Waals surface area contributed by atoms with Crippen molar-refractivity contribution in [1.82, 2.24) is 4.98 Å². The Balaban J connectivity index is 1.56. The highest BCUT2D eigenvalue weighted by atomic mass is 35.5. The lowest BCUT2D eigenvalue weighted by Crippen LogP contribution is -2.36. The molecule has 2 heterocycles. The molecule has 0 radical (unpaired) electrons. The van der Waals surface area contributed by atoms with Crippen molar-refractivity contribution in [1.29, 1.82) is 0 Å². The van der Waals surface area contributed by atoms with E-state index in [4.69, 9.17) is 11.6 Å². The van der Waals surface area contributed by atoms with E-state index >= 15 is 0 Å². The topological polar surface area (TPSA) is 16.1 Å². The molecule has 1 aliphatic carbocycles. The average molecular weight is 309 g/mol. The van der Waals surface area contributed by atoms with Gasteiger partial charge in [-0.05, 0) is 43.2 Å². The standard InChI is InChI=1S/C16H15ClF2N2/c17-12-2-3-13-11(9-12)1-4-14(20-13)21-7-5-15(6-8-21)10-16(15,18)19/h1-4,9H,5-8,10H2. The van der Waals surface area contributed by atoms with Crippen molar-refractivity contribution in [2.45, 2.75) is 25.2 Å². The van der Waals surface area contributed by atoms with Crippen molar-refractivity contribution in [3.05, 3.63) is 35.4 Å². The van der Waals surface area contributed by atoms with Gasteiger partial charge in [-0.2, -0.15) is 0 Å². The van der Waals surface area contributed by atoms with E-state index < -0.39 is 11.3 Å². The number of hydrogen-bond acceptors (Lipinski definition) is 2. The van der Waals surface area contributed by atoms with E-state index in [1.54, 1.807) is 0 Å². The summed E-state index contributed by atoms with van der Waals surface area (Å²) >= 11 is 5.96. The molecule has 0 N–H and O–H groups in total. The number of nitrogens with zero attached hydrogens (tertiary/aromatic N) is 2. The Morgan fingerprint density at radius 2 is 1.81 bits per heavy atom. The number of alkyl halides is 2. The molecule has 2 aromatic rings. The Labute approximate surface area is 126 Å². The molecular weight excluding hydrogens is 294 g/mol. The summed E-state index contributed by atoms with van der Waals surface area (Å²) in [5.74, 6) is -1.57. The van der Waals surface area contributed by atoms with Gasteiger partial charge in [0.25, 0.3) is 5.92 Å². The first-order valence-electron chi connectivity index (χ1n) is 7.18. The molecule has 5 heteroatoms. The van der Waals surface area contributed by atoms with Gasteiger partial charge in [0.15, 0.2) is 0 Å². The highest BCUT2D eigenvalue weighted by Gasteiger charge is 2.70. The molecule has 2 nitrogen and oxygen atoms in total. The van der Waals surface area contributed by atoms with Crippen molar-refractivity contribution >= 4 is 28.3 Å². The predicted molar refractivity (Wildman–Crippen MR) is 80.2 cm³/mol. The predicted octanol–water partition coefficient (Wildman–Crippen LogP) is 4.51. The van der Waals surface area contributed by atoms with Gasteiger partial charge in [0.2, 0.25) is 0 Å². The number of anilines is 1. The molecule has 4 rings (SSSR count). The van der Waals surface area contributed by atoms with Crippen molar-refractivity contribution in [3.8, 4) is 0 Å². The number of pyridine rings is 1. The smallest absolute Gasteiger partial charge is 0.254 e. The van der Waals surface area contributed by atoms with Crippen LogP contribution in [0.3, 0.4) is 0 Å². The molecule has 2 aliphatic rings. The SMILES string of the molecule is FC1(F)CC12CCN(c1ccc3cc(Cl)ccc3n1)CC2. The lowest BCUT2D eigenvalue weighted by Gasteiger charge is -2.33. The third-order valence-corrected chi connectivity index (χ3v) is 5.13. The van der Waals surface area contributed by atoms with E-state index in [0.717, 1.165) is 16.7 Å². The summed E-state index contributed by atoms with van der Waals surface area (Å²) < 4.78 is 26.8. The van der Waals surface area contributed by atoms with E-state index in [1.807, 2.05) is 30.3 Å². The van der Waals surface area contributed by atoms with Crippen molar-refractivity contribution in [2.75, 3.05) is 18.0 Å². The maximum absolute atomic E-state index is 13.4. The summed E-state index contributed by atoms with van der Waals surface area (Å²) in [4.78, 5) is 6.73. The molecule has 0 atom stereocenters. The highest BCUT2D eigenvalue weighted by Crippen LogP contribution is 2.65. The van der Waals surface area contributed by atoms with E-state index in [0.29, 0.717) is 31.0 Å². The van der Waals surface area contributed by atoms with Gasteiger partial charge in [-0.3, -0.25) is 0 Å². The van der Waals surface area contributed by atoms with Crippen LogP contribution in [0.25, 0.3) is 10.9 Å². The Morgan fingerprint density at radius 1 is 1.10 bits per heavy atom. The molecule has 0 amide bonds. The summed E-state index contributed by atoms with van der Waals surface area (Å²) in [7, 11) is 0. The van der Waals surface area contributed by atoms with Crippen LogP contribution in [0.2, 0.25) is 5.02 Å². The number of benzene rings is 1. The summed E-state index contributed by atoms with van der Waals surface area (Å²) in [6.07, 6.45) is 1.18. The van der Waals surface area contributed by atoms with Crippen molar-refractivity contribution in [2.24, 2.45) is 5.41 Å². The second-order valence-corrected chi connectivity index (χ2v) is 6.59. The normalized spacial score (nSPS) is 22.7. The van der Waals surface area contributed by atoms with Gasteiger partial charge in [0, 0.05) is 35.3 Å². The largest absolute Gasteiger partial charge is 0.357 e. The minimum Gasteiger partial charge on any atom is -0.357 e. The fourth-order valence-corrected chi connectivity index (χ4v) is 3.53. The zero-order valence-corrected chi connectivity index (χ0v) is 12.2. The Hall–Kier alpha value is -1.42. The van der Waals surface area contributed by atoms with Gasteiger partial charge in [-0.25, -0.2) is 13.8 Å². The van der Waals surface area contributed by atoms with Gasteiger partial charge in [-0.1, -0.05) is 11.6 Å². The first-order valence-corrected chi connectivity index (χ1v) is 7.56. The first-order chi connectivity index (χ1) is 9.99. The lowest BCUT2D eigenvalue weighted by molar-refractivity contribution is 0.0536. The molecular formula is C16H15ClF2N2. The van der Waals surface area contributed by atoms with Gasteiger partial charge in [0.05, 0.1) is 5.52 Å². The molecule has 21 heavy (non-hydrogen) atoms. The third kappa shape index (κ3) is 2.08. The Kier molecular flexibility index (Phi) is 2.71. The van der Waals surface area contributed by atoms with Crippen molar-refractivity contribution in [3.63, 3.8) is 0 Å². The van der Waals surface area contributed by atoms with Crippen LogP contribution < -0.4 is 4.90 Å². The summed E-state index contributed by atoms with van der Waals surface area (Å²) in [6, 6.07) is 9.52. The molecule has 1 aromatic heterocycles. The molecule has 0 bridgehead atoms. The summed E-state index contributed by atoms with van der Waals surface area (Å²) in [6.45, 7) is 1.31. The van der Waals surface area contributed by atoms with E-state index in [-0.39, 0.29) is 6.42 Å². The molecule has 2 fully saturated rings. The molecule has 1 saturated carbocycles. The quantitative estimate of drug-likeness (QED) is 0.770. The van der Waals surface area contributed by atoms with Gasteiger partial charge < -0.3 is 4.90 Å². The van der Waals surface area contributed by atoms with Gasteiger partial charge >= 0.3 is 0 Å². The average Bonchev–Trinajstić information content (AvgIpc) is 2.99. The van der Waals surface area contributed by atoms with Crippen molar-refractivity contribution < 1.29 is 8.78 Å². The number of piperidine rings is 1. The second-order valence-electron chi connectivity index (χ2n) is 6.16. The number of rotatable bonds is 1. The zero-order valence-electron chi connectivity index (χ0n) is 11.5. The number of aromatic nitrogens is 1. The van der Waals surface area contributed by atoms with Crippen LogP contribution in [0.4, 0.5) is 14.6 Å². The molecule has 1 aliphatic heterocycles.